The summed E-state index contributed by atoms with van der Waals surface area (Å²) in [6, 6.07) is 0. The molecule has 4 atom stereocenters. The maximum atomic E-state index is 10.5. The Bertz CT molecular complexity index is 360. The Balaban J connectivity index is 0. The van der Waals surface area contributed by atoms with Gasteiger partial charge in [0, 0.05) is 0 Å². The third kappa shape index (κ3) is 21.4. The molecule has 152 valence electrons. The SMILES string of the molecule is CC(C)CCC[C@H](C)CCC[C@H](C)CCCC(C)CCOP(=O)([O-])O.[Na+]. The molecule has 0 spiro atoms. The van der Waals surface area contributed by atoms with Crippen LogP contribution < -0.4 is 34.5 Å². The summed E-state index contributed by atoms with van der Waals surface area (Å²) in [6.07, 6.45) is 12.3. The molecule has 1 N–H and O–H groups in total. The van der Waals surface area contributed by atoms with E-state index in [1.54, 1.807) is 0 Å². The van der Waals surface area contributed by atoms with Crippen molar-refractivity contribution in [2.24, 2.45) is 23.7 Å². The first-order valence-corrected chi connectivity index (χ1v) is 11.8. The van der Waals surface area contributed by atoms with Crippen molar-refractivity contribution in [1.82, 2.24) is 0 Å². The maximum Gasteiger partial charge on any atom is 1.00 e. The van der Waals surface area contributed by atoms with Crippen LogP contribution in [-0.4, -0.2) is 11.5 Å². The van der Waals surface area contributed by atoms with Gasteiger partial charge in [-0.15, -0.1) is 0 Å². The zero-order valence-electron chi connectivity index (χ0n) is 18.2. The van der Waals surface area contributed by atoms with E-state index in [-0.39, 0.29) is 36.2 Å². The van der Waals surface area contributed by atoms with Crippen LogP contribution in [0.5, 0.6) is 0 Å². The summed E-state index contributed by atoms with van der Waals surface area (Å²) in [4.78, 5) is 19.1. The second-order valence-corrected chi connectivity index (χ2v) is 9.79. The summed E-state index contributed by atoms with van der Waals surface area (Å²) in [5.74, 6) is 2.88. The minimum atomic E-state index is -4.55. The molecule has 0 aromatic carbocycles. The fourth-order valence-corrected chi connectivity index (χ4v) is 3.64. The molecule has 0 fully saturated rings. The molecule has 0 saturated carbocycles. The van der Waals surface area contributed by atoms with Crippen LogP contribution in [0, 0.1) is 23.7 Å². The monoisotopic (exact) mass is 400 g/mol. The predicted octanol–water partition coefficient (Wildman–Crippen LogP) is 2.93. The molecule has 0 rings (SSSR count). The van der Waals surface area contributed by atoms with Gasteiger partial charge in [0.2, 0.25) is 0 Å². The molecule has 26 heavy (non-hydrogen) atoms. The van der Waals surface area contributed by atoms with E-state index in [9.17, 15) is 9.46 Å². The summed E-state index contributed by atoms with van der Waals surface area (Å²) < 4.78 is 14.9. The fourth-order valence-electron chi connectivity index (χ4n) is 3.31. The van der Waals surface area contributed by atoms with Gasteiger partial charge < -0.3 is 14.3 Å². The van der Waals surface area contributed by atoms with Gasteiger partial charge in [0.05, 0.1) is 6.61 Å². The van der Waals surface area contributed by atoms with E-state index in [1.165, 1.54) is 51.4 Å². The Kier molecular flexibility index (Phi) is 19.2. The maximum absolute atomic E-state index is 10.5. The molecular formula is C20H42NaO4P. The summed E-state index contributed by atoms with van der Waals surface area (Å²) in [5.41, 5.74) is 0. The summed E-state index contributed by atoms with van der Waals surface area (Å²) in [5, 5.41) is 0. The Morgan fingerprint density at radius 3 is 1.46 bits per heavy atom. The molecule has 6 heteroatoms. The van der Waals surface area contributed by atoms with Crippen molar-refractivity contribution >= 4 is 7.82 Å². The van der Waals surface area contributed by atoms with Crippen LogP contribution >= 0.6 is 7.82 Å². The van der Waals surface area contributed by atoms with Crippen molar-refractivity contribution in [3.63, 3.8) is 0 Å². The van der Waals surface area contributed by atoms with Gasteiger partial charge in [0.1, 0.15) is 0 Å². The van der Waals surface area contributed by atoms with Crippen molar-refractivity contribution in [3.05, 3.63) is 0 Å². The van der Waals surface area contributed by atoms with Gasteiger partial charge in [-0.25, -0.2) is 0 Å². The molecule has 0 aromatic heterocycles. The van der Waals surface area contributed by atoms with Crippen LogP contribution in [0.1, 0.15) is 98.8 Å². The molecule has 0 aliphatic carbocycles. The minimum absolute atomic E-state index is 0. The first-order valence-electron chi connectivity index (χ1n) is 10.3. The van der Waals surface area contributed by atoms with Crippen molar-refractivity contribution in [2.75, 3.05) is 6.61 Å². The fraction of sp³-hybridized carbons (Fsp3) is 1.00. The van der Waals surface area contributed by atoms with E-state index < -0.39 is 7.82 Å². The predicted molar refractivity (Wildman–Crippen MR) is 104 cm³/mol. The molecule has 0 aromatic rings. The van der Waals surface area contributed by atoms with Crippen LogP contribution in [0.4, 0.5) is 0 Å². The Morgan fingerprint density at radius 1 is 0.769 bits per heavy atom. The van der Waals surface area contributed by atoms with Gasteiger partial charge in [0.25, 0.3) is 7.82 Å². The third-order valence-electron chi connectivity index (χ3n) is 5.13. The van der Waals surface area contributed by atoms with E-state index in [0.29, 0.717) is 12.3 Å². The van der Waals surface area contributed by atoms with Crippen LogP contribution in [0.25, 0.3) is 0 Å². The average Bonchev–Trinajstić information content (AvgIpc) is 2.45. The second kappa shape index (κ2) is 17.0. The van der Waals surface area contributed by atoms with Crippen molar-refractivity contribution < 1.29 is 48.4 Å². The summed E-state index contributed by atoms with van der Waals surface area (Å²) >= 11 is 0. The Morgan fingerprint density at radius 2 is 1.12 bits per heavy atom. The Hall–Kier alpha value is 1.11. The van der Waals surface area contributed by atoms with Crippen LogP contribution in [0.15, 0.2) is 0 Å². The van der Waals surface area contributed by atoms with Gasteiger partial charge in [-0.05, 0) is 30.1 Å². The molecule has 0 amide bonds. The van der Waals surface area contributed by atoms with Crippen LogP contribution in [-0.2, 0) is 9.09 Å². The quantitative estimate of drug-likeness (QED) is 0.319. The van der Waals surface area contributed by atoms with E-state index in [0.717, 1.165) is 24.2 Å². The van der Waals surface area contributed by atoms with E-state index >= 15 is 0 Å². The smallest absolute Gasteiger partial charge is 0.756 e. The van der Waals surface area contributed by atoms with Crippen LogP contribution in [0.2, 0.25) is 0 Å². The van der Waals surface area contributed by atoms with Crippen LogP contribution in [0.3, 0.4) is 0 Å². The van der Waals surface area contributed by atoms with Gasteiger partial charge in [-0.2, -0.15) is 0 Å². The first kappa shape index (κ1) is 29.3. The molecule has 0 aliphatic rings. The van der Waals surface area contributed by atoms with Gasteiger partial charge >= 0.3 is 29.6 Å². The number of phosphoric ester groups is 1. The summed E-state index contributed by atoms with van der Waals surface area (Å²) in [6.45, 7) is 11.5. The molecular weight excluding hydrogens is 358 g/mol. The van der Waals surface area contributed by atoms with Gasteiger partial charge in [-0.1, -0.05) is 92.4 Å². The van der Waals surface area contributed by atoms with Crippen molar-refractivity contribution in [1.29, 1.82) is 0 Å². The first-order chi connectivity index (χ1) is 11.6. The largest absolute Gasteiger partial charge is 1.00 e. The molecule has 0 heterocycles. The number of rotatable bonds is 16. The molecule has 4 nitrogen and oxygen atoms in total. The standard InChI is InChI=1S/C20H43O4P.Na/c1-17(2)9-6-10-18(3)11-7-12-19(4)13-8-14-20(5)15-16-24-25(21,22)23;/h17-20H,6-16H2,1-5H3,(H2,21,22,23);/q;+1/p-1/t18-,19-,20?;/m0./s1. The topological polar surface area (TPSA) is 69.6 Å². The summed E-state index contributed by atoms with van der Waals surface area (Å²) in [7, 11) is -4.55. The second-order valence-electron chi connectivity index (χ2n) is 8.59. The minimum Gasteiger partial charge on any atom is -0.756 e. The van der Waals surface area contributed by atoms with Crippen molar-refractivity contribution in [3.8, 4) is 0 Å². The normalized spacial score (nSPS) is 17.4. The molecule has 0 radical (unpaired) electrons. The van der Waals surface area contributed by atoms with Crippen molar-refractivity contribution in [2.45, 2.75) is 98.8 Å². The molecule has 0 aliphatic heterocycles. The number of hydrogen-bond acceptors (Lipinski definition) is 3. The van der Waals surface area contributed by atoms with E-state index in [4.69, 9.17) is 4.89 Å². The number of phosphoric acid groups is 1. The molecule has 0 saturated heterocycles. The van der Waals surface area contributed by atoms with Gasteiger partial charge in [0.15, 0.2) is 0 Å². The average molecular weight is 401 g/mol. The number of hydrogen-bond donors (Lipinski definition) is 1. The Labute approximate surface area is 184 Å². The van der Waals surface area contributed by atoms with E-state index in [1.807, 2.05) is 0 Å². The zero-order valence-corrected chi connectivity index (χ0v) is 21.1. The third-order valence-corrected chi connectivity index (χ3v) is 5.64. The molecule has 0 bridgehead atoms. The van der Waals surface area contributed by atoms with Gasteiger partial charge in [-0.3, -0.25) is 4.57 Å². The van der Waals surface area contributed by atoms with E-state index in [2.05, 4.69) is 39.1 Å². The molecule has 2 unspecified atom stereocenters. The zero-order chi connectivity index (χ0) is 19.3.